The van der Waals surface area contributed by atoms with Gasteiger partial charge in [0.05, 0.1) is 0 Å². The molecule has 1 aromatic rings. The zero-order chi connectivity index (χ0) is 13.1. The summed E-state index contributed by atoms with van der Waals surface area (Å²) in [5.74, 6) is 0.626. The van der Waals surface area contributed by atoms with Crippen LogP contribution < -0.4 is 11.1 Å². The summed E-state index contributed by atoms with van der Waals surface area (Å²) in [6, 6.07) is 5.75. The fourth-order valence-corrected chi connectivity index (χ4v) is 2.81. The second-order valence-electron chi connectivity index (χ2n) is 5.44. The highest BCUT2D eigenvalue weighted by Crippen LogP contribution is 2.27. The van der Waals surface area contributed by atoms with Gasteiger partial charge in [-0.15, -0.1) is 0 Å². The van der Waals surface area contributed by atoms with Gasteiger partial charge in [-0.25, -0.2) is 0 Å². The van der Waals surface area contributed by atoms with Crippen LogP contribution in [0.25, 0.3) is 0 Å². The number of nitrogens with two attached hydrogens (primary N) is 1. The fraction of sp³-hybridized carbons (Fsp3) is 0.533. The van der Waals surface area contributed by atoms with Crippen LogP contribution >= 0.6 is 0 Å². The summed E-state index contributed by atoms with van der Waals surface area (Å²) >= 11 is 0. The quantitative estimate of drug-likeness (QED) is 0.806. The molecular weight excluding hydrogens is 224 g/mol. The Bertz CT molecular complexity index is 416. The molecule has 3 N–H and O–H groups in total. The number of nitrogens with one attached hydrogen (secondary N) is 1. The number of benzene rings is 1. The van der Waals surface area contributed by atoms with Gasteiger partial charge in [-0.2, -0.15) is 0 Å². The maximum absolute atomic E-state index is 12.1. The van der Waals surface area contributed by atoms with Crippen molar-refractivity contribution in [1.82, 2.24) is 5.32 Å². The number of hydrogen-bond donors (Lipinski definition) is 2. The summed E-state index contributed by atoms with van der Waals surface area (Å²) < 4.78 is 0. The molecule has 1 saturated carbocycles. The zero-order valence-corrected chi connectivity index (χ0v) is 11.2. The van der Waals surface area contributed by atoms with E-state index in [1.165, 1.54) is 25.7 Å². The number of amides is 1. The van der Waals surface area contributed by atoms with Crippen LogP contribution in [-0.2, 0) is 0 Å². The van der Waals surface area contributed by atoms with Gasteiger partial charge in [-0.3, -0.25) is 4.79 Å². The Balaban J connectivity index is 2.02. The van der Waals surface area contributed by atoms with Gasteiger partial charge >= 0.3 is 0 Å². The summed E-state index contributed by atoms with van der Waals surface area (Å²) in [6.45, 7) is 4.06. The van der Waals surface area contributed by atoms with E-state index in [1.54, 1.807) is 6.07 Å². The van der Waals surface area contributed by atoms with E-state index in [0.29, 0.717) is 17.2 Å². The van der Waals surface area contributed by atoms with E-state index in [-0.39, 0.29) is 11.9 Å². The third kappa shape index (κ3) is 3.03. The van der Waals surface area contributed by atoms with Crippen LogP contribution in [0.3, 0.4) is 0 Å². The molecule has 1 unspecified atom stereocenters. The van der Waals surface area contributed by atoms with Gasteiger partial charge in [-0.1, -0.05) is 12.8 Å². The molecule has 1 amide bonds. The Morgan fingerprint density at radius 2 is 2.00 bits per heavy atom. The predicted molar refractivity (Wildman–Crippen MR) is 74.5 cm³/mol. The molecule has 3 nitrogen and oxygen atoms in total. The lowest BCUT2D eigenvalue weighted by atomic mass is 9.99. The molecule has 0 bridgehead atoms. The molecule has 0 aliphatic heterocycles. The lowest BCUT2D eigenvalue weighted by Gasteiger charge is -2.20. The van der Waals surface area contributed by atoms with Crippen molar-refractivity contribution in [3.8, 4) is 0 Å². The molecule has 3 heteroatoms. The van der Waals surface area contributed by atoms with Crippen molar-refractivity contribution in [2.24, 2.45) is 5.92 Å². The van der Waals surface area contributed by atoms with Crippen molar-refractivity contribution in [3.05, 3.63) is 29.3 Å². The Kier molecular flexibility index (Phi) is 3.90. The number of aryl methyl sites for hydroxylation is 1. The van der Waals surface area contributed by atoms with Crippen LogP contribution in [0.1, 0.15) is 48.5 Å². The van der Waals surface area contributed by atoms with Crippen LogP contribution in [0.2, 0.25) is 0 Å². The Morgan fingerprint density at radius 1 is 1.33 bits per heavy atom. The minimum atomic E-state index is -0.00944. The summed E-state index contributed by atoms with van der Waals surface area (Å²) in [5, 5.41) is 3.10. The highest BCUT2D eigenvalue weighted by atomic mass is 16.1. The molecule has 0 radical (unpaired) electrons. The first-order chi connectivity index (χ1) is 8.56. The number of anilines is 1. The lowest BCUT2D eigenvalue weighted by molar-refractivity contribution is 0.0927. The molecule has 1 fully saturated rings. The highest BCUT2D eigenvalue weighted by Gasteiger charge is 2.23. The van der Waals surface area contributed by atoms with Crippen molar-refractivity contribution in [2.75, 3.05) is 5.73 Å². The highest BCUT2D eigenvalue weighted by molar-refractivity contribution is 5.95. The van der Waals surface area contributed by atoms with E-state index < -0.39 is 0 Å². The fourth-order valence-electron chi connectivity index (χ4n) is 2.81. The van der Waals surface area contributed by atoms with E-state index in [2.05, 4.69) is 12.2 Å². The van der Waals surface area contributed by atoms with E-state index in [4.69, 9.17) is 5.73 Å². The first kappa shape index (κ1) is 12.9. The third-order valence-electron chi connectivity index (χ3n) is 3.83. The second-order valence-corrected chi connectivity index (χ2v) is 5.44. The number of nitrogen functional groups attached to an aromatic ring is 1. The molecule has 0 saturated heterocycles. The van der Waals surface area contributed by atoms with Crippen LogP contribution in [0, 0.1) is 12.8 Å². The molecule has 1 atom stereocenters. The monoisotopic (exact) mass is 246 g/mol. The van der Waals surface area contributed by atoms with Crippen molar-refractivity contribution in [1.29, 1.82) is 0 Å². The van der Waals surface area contributed by atoms with Crippen molar-refractivity contribution < 1.29 is 4.79 Å². The summed E-state index contributed by atoms with van der Waals surface area (Å²) in [7, 11) is 0. The van der Waals surface area contributed by atoms with Crippen LogP contribution in [-0.4, -0.2) is 11.9 Å². The average molecular weight is 246 g/mol. The molecular formula is C15H22N2O. The van der Waals surface area contributed by atoms with E-state index >= 15 is 0 Å². The summed E-state index contributed by atoms with van der Waals surface area (Å²) in [5.41, 5.74) is 8.10. The maximum atomic E-state index is 12.1. The summed E-state index contributed by atoms with van der Waals surface area (Å²) in [4.78, 5) is 12.1. The first-order valence-electron chi connectivity index (χ1n) is 6.74. The van der Waals surface area contributed by atoms with Crippen molar-refractivity contribution in [2.45, 2.75) is 45.6 Å². The number of carbonyl (C=O) groups is 1. The minimum Gasteiger partial charge on any atom is -0.399 e. The molecule has 0 heterocycles. The largest absolute Gasteiger partial charge is 0.399 e. The average Bonchev–Trinajstić information content (AvgIpc) is 2.80. The standard InChI is InChI=1S/C15H22N2O/c1-10-7-13(9-14(16)8-10)15(18)17-11(2)12-5-3-4-6-12/h7-9,11-12H,3-6,16H2,1-2H3,(H,17,18). The van der Waals surface area contributed by atoms with Gasteiger partial charge in [0.25, 0.3) is 5.91 Å². The van der Waals surface area contributed by atoms with Crippen LogP contribution in [0.5, 0.6) is 0 Å². The Labute approximate surface area is 109 Å². The van der Waals surface area contributed by atoms with Gasteiger partial charge < -0.3 is 11.1 Å². The topological polar surface area (TPSA) is 55.1 Å². The molecule has 1 aliphatic carbocycles. The molecule has 0 spiro atoms. The van der Waals surface area contributed by atoms with E-state index in [1.807, 2.05) is 19.1 Å². The van der Waals surface area contributed by atoms with Gasteiger partial charge in [-0.05, 0) is 56.4 Å². The van der Waals surface area contributed by atoms with E-state index in [9.17, 15) is 4.79 Å². The zero-order valence-electron chi connectivity index (χ0n) is 11.2. The van der Waals surface area contributed by atoms with Crippen LogP contribution in [0.4, 0.5) is 5.69 Å². The lowest BCUT2D eigenvalue weighted by Crippen LogP contribution is -2.37. The first-order valence-corrected chi connectivity index (χ1v) is 6.74. The molecule has 1 aromatic carbocycles. The second kappa shape index (κ2) is 5.42. The van der Waals surface area contributed by atoms with Gasteiger partial charge in [0.15, 0.2) is 0 Å². The molecule has 98 valence electrons. The Hall–Kier alpha value is -1.51. The van der Waals surface area contributed by atoms with Gasteiger partial charge in [0.1, 0.15) is 0 Å². The van der Waals surface area contributed by atoms with Crippen molar-refractivity contribution >= 4 is 11.6 Å². The number of carbonyl (C=O) groups excluding carboxylic acids is 1. The molecule has 18 heavy (non-hydrogen) atoms. The molecule has 2 rings (SSSR count). The van der Waals surface area contributed by atoms with Gasteiger partial charge in [0.2, 0.25) is 0 Å². The number of rotatable bonds is 3. The third-order valence-corrected chi connectivity index (χ3v) is 3.83. The predicted octanol–water partition coefficient (Wildman–Crippen LogP) is 2.89. The minimum absolute atomic E-state index is 0.00944. The Morgan fingerprint density at radius 3 is 2.61 bits per heavy atom. The molecule has 0 aromatic heterocycles. The maximum Gasteiger partial charge on any atom is 0.251 e. The van der Waals surface area contributed by atoms with E-state index in [0.717, 1.165) is 5.56 Å². The van der Waals surface area contributed by atoms with Gasteiger partial charge in [0, 0.05) is 17.3 Å². The summed E-state index contributed by atoms with van der Waals surface area (Å²) in [6.07, 6.45) is 5.05. The normalized spacial score (nSPS) is 17.7. The number of hydrogen-bond acceptors (Lipinski definition) is 2. The molecule has 1 aliphatic rings. The SMILES string of the molecule is Cc1cc(N)cc(C(=O)NC(C)C2CCCC2)c1. The smallest absolute Gasteiger partial charge is 0.251 e. The van der Waals surface area contributed by atoms with Crippen LogP contribution in [0.15, 0.2) is 18.2 Å². The van der Waals surface area contributed by atoms with Crippen molar-refractivity contribution in [3.63, 3.8) is 0 Å².